The van der Waals surface area contributed by atoms with Gasteiger partial charge in [0.1, 0.15) is 16.3 Å². The summed E-state index contributed by atoms with van der Waals surface area (Å²) in [4.78, 5) is 19.1. The number of thiocarbonyl (C=S) groups is 1. The Morgan fingerprint density at radius 1 is 1.28 bits per heavy atom. The standard InChI is InChI=1S/C24H31ClN2O3S2/c1-16(28)30-24(11-7-6-8-12-24)15-27-14-20(23(2,3)4)32-22(27)26-21(31)18-13-17(25)9-10-19(18)29-5/h9-10,13-14H,6-8,11-12,15H2,1-5H3. The zero-order valence-electron chi connectivity index (χ0n) is 19.4. The summed E-state index contributed by atoms with van der Waals surface area (Å²) in [5, 5.41) is 0.573. The number of hydrogen-bond donors (Lipinski definition) is 0. The van der Waals surface area contributed by atoms with Gasteiger partial charge in [-0.05, 0) is 49.3 Å². The molecule has 1 heterocycles. The van der Waals surface area contributed by atoms with E-state index in [1.54, 1.807) is 36.6 Å². The van der Waals surface area contributed by atoms with Gasteiger partial charge in [0.25, 0.3) is 0 Å². The number of nitrogens with zero attached hydrogens (tertiary/aromatic N) is 2. The Balaban J connectivity index is 2.08. The zero-order valence-corrected chi connectivity index (χ0v) is 21.8. The number of aromatic nitrogens is 1. The number of benzene rings is 1. The molecule has 1 aromatic heterocycles. The first-order valence-corrected chi connectivity index (χ1v) is 12.5. The number of ether oxygens (including phenoxy) is 2. The van der Waals surface area contributed by atoms with Crippen molar-refractivity contribution in [1.29, 1.82) is 0 Å². The fourth-order valence-electron chi connectivity index (χ4n) is 4.03. The van der Waals surface area contributed by atoms with Gasteiger partial charge in [0.2, 0.25) is 0 Å². The highest BCUT2D eigenvalue weighted by molar-refractivity contribution is 7.80. The lowest BCUT2D eigenvalue weighted by molar-refractivity contribution is -0.162. The van der Waals surface area contributed by atoms with Crippen molar-refractivity contribution in [3.63, 3.8) is 0 Å². The molecule has 0 bridgehead atoms. The molecule has 0 radical (unpaired) electrons. The third kappa shape index (κ3) is 6.00. The number of carbonyl (C=O) groups excluding carboxylic acids is 1. The number of halogens is 1. The van der Waals surface area contributed by atoms with Crippen molar-refractivity contribution in [3.8, 4) is 5.75 Å². The van der Waals surface area contributed by atoms with Crippen molar-refractivity contribution in [2.75, 3.05) is 7.11 Å². The molecule has 0 unspecified atom stereocenters. The maximum Gasteiger partial charge on any atom is 0.303 e. The van der Waals surface area contributed by atoms with E-state index in [4.69, 9.17) is 38.3 Å². The number of rotatable bonds is 5. The van der Waals surface area contributed by atoms with Gasteiger partial charge in [-0.15, -0.1) is 11.3 Å². The van der Waals surface area contributed by atoms with Gasteiger partial charge >= 0.3 is 5.97 Å². The number of hydrogen-bond acceptors (Lipinski definition) is 5. The van der Waals surface area contributed by atoms with Gasteiger partial charge in [-0.3, -0.25) is 4.79 Å². The van der Waals surface area contributed by atoms with E-state index < -0.39 is 5.60 Å². The minimum atomic E-state index is -0.509. The summed E-state index contributed by atoms with van der Waals surface area (Å²) in [5.41, 5.74) is 0.126. The molecular weight excluding hydrogens is 464 g/mol. The zero-order chi connectivity index (χ0) is 23.5. The van der Waals surface area contributed by atoms with Gasteiger partial charge in [0.05, 0.1) is 19.2 Å². The van der Waals surface area contributed by atoms with Crippen LogP contribution in [0.3, 0.4) is 0 Å². The van der Waals surface area contributed by atoms with Crippen molar-refractivity contribution >= 4 is 46.1 Å². The van der Waals surface area contributed by atoms with Crippen LogP contribution in [0, 0.1) is 0 Å². The van der Waals surface area contributed by atoms with Crippen LogP contribution < -0.4 is 9.54 Å². The van der Waals surface area contributed by atoms with Crippen molar-refractivity contribution in [2.45, 2.75) is 77.4 Å². The Hall–Kier alpha value is -1.70. The summed E-state index contributed by atoms with van der Waals surface area (Å²) in [5.74, 6) is 0.391. The van der Waals surface area contributed by atoms with Gasteiger partial charge in [-0.1, -0.05) is 51.0 Å². The van der Waals surface area contributed by atoms with Crippen LogP contribution in [-0.4, -0.2) is 28.2 Å². The molecule has 5 nitrogen and oxygen atoms in total. The molecule has 1 aliphatic carbocycles. The number of esters is 1. The second-order valence-corrected chi connectivity index (χ2v) is 11.2. The van der Waals surface area contributed by atoms with E-state index >= 15 is 0 Å². The molecule has 0 spiro atoms. The van der Waals surface area contributed by atoms with E-state index in [9.17, 15) is 4.79 Å². The minimum Gasteiger partial charge on any atom is -0.496 e. The quantitative estimate of drug-likeness (QED) is 0.375. The Labute approximate surface area is 204 Å². The highest BCUT2D eigenvalue weighted by Gasteiger charge is 2.36. The van der Waals surface area contributed by atoms with Gasteiger partial charge in [0.15, 0.2) is 4.80 Å². The Kier molecular flexibility index (Phi) is 7.84. The molecule has 0 aliphatic heterocycles. The molecule has 3 rings (SSSR count). The van der Waals surface area contributed by atoms with Crippen molar-refractivity contribution in [1.82, 2.24) is 4.57 Å². The summed E-state index contributed by atoms with van der Waals surface area (Å²) >= 11 is 13.5. The van der Waals surface area contributed by atoms with Crippen LogP contribution in [0.1, 0.15) is 70.2 Å². The van der Waals surface area contributed by atoms with E-state index in [0.29, 0.717) is 27.9 Å². The van der Waals surface area contributed by atoms with Crippen molar-refractivity contribution in [2.24, 2.45) is 4.99 Å². The molecule has 1 aromatic carbocycles. The second kappa shape index (κ2) is 10.1. The van der Waals surface area contributed by atoms with Crippen LogP contribution >= 0.6 is 35.2 Å². The minimum absolute atomic E-state index is 0.0449. The fraction of sp³-hybridized carbons (Fsp3) is 0.542. The Morgan fingerprint density at radius 2 is 1.97 bits per heavy atom. The number of methoxy groups -OCH3 is 1. The lowest BCUT2D eigenvalue weighted by Crippen LogP contribution is -2.42. The highest BCUT2D eigenvalue weighted by Crippen LogP contribution is 2.34. The van der Waals surface area contributed by atoms with Crippen LogP contribution in [0.2, 0.25) is 5.02 Å². The van der Waals surface area contributed by atoms with Crippen molar-refractivity contribution in [3.05, 3.63) is 44.7 Å². The van der Waals surface area contributed by atoms with E-state index in [2.05, 4.69) is 31.5 Å². The van der Waals surface area contributed by atoms with Crippen LogP contribution in [0.5, 0.6) is 5.75 Å². The Morgan fingerprint density at radius 3 is 2.56 bits per heavy atom. The normalized spacial score (nSPS) is 16.6. The van der Waals surface area contributed by atoms with Gasteiger partial charge in [-0.2, -0.15) is 0 Å². The maximum absolute atomic E-state index is 11.9. The summed E-state index contributed by atoms with van der Waals surface area (Å²) in [7, 11) is 1.60. The van der Waals surface area contributed by atoms with Crippen LogP contribution in [0.25, 0.3) is 0 Å². The lowest BCUT2D eigenvalue weighted by Gasteiger charge is -2.36. The molecular formula is C24H31ClN2O3S2. The molecule has 8 heteroatoms. The third-order valence-corrected chi connectivity index (χ3v) is 7.62. The van der Waals surface area contributed by atoms with E-state index in [1.165, 1.54) is 18.2 Å². The topological polar surface area (TPSA) is 52.8 Å². The van der Waals surface area contributed by atoms with Gasteiger partial charge in [0, 0.05) is 23.0 Å². The summed E-state index contributed by atoms with van der Waals surface area (Å²) in [6.45, 7) is 8.57. The van der Waals surface area contributed by atoms with E-state index in [0.717, 1.165) is 30.5 Å². The average Bonchev–Trinajstić information content (AvgIpc) is 3.10. The predicted octanol–water partition coefficient (Wildman–Crippen LogP) is 6.05. The van der Waals surface area contributed by atoms with Crippen LogP contribution in [-0.2, 0) is 21.5 Å². The molecule has 1 aliphatic rings. The smallest absolute Gasteiger partial charge is 0.303 e. The average molecular weight is 495 g/mol. The molecule has 0 amide bonds. The van der Waals surface area contributed by atoms with Gasteiger partial charge in [-0.25, -0.2) is 4.99 Å². The molecule has 1 saturated carbocycles. The number of thiazole rings is 1. The van der Waals surface area contributed by atoms with Crippen LogP contribution in [0.4, 0.5) is 0 Å². The predicted molar refractivity (Wildman–Crippen MR) is 134 cm³/mol. The van der Waals surface area contributed by atoms with E-state index in [-0.39, 0.29) is 11.4 Å². The fourth-order valence-corrected chi connectivity index (χ4v) is 5.56. The highest BCUT2D eigenvalue weighted by atomic mass is 35.5. The summed E-state index contributed by atoms with van der Waals surface area (Å²) in [6, 6.07) is 5.33. The number of carbonyl (C=O) groups is 1. The van der Waals surface area contributed by atoms with Gasteiger partial charge < -0.3 is 14.0 Å². The molecule has 32 heavy (non-hydrogen) atoms. The summed E-state index contributed by atoms with van der Waals surface area (Å²) in [6.07, 6.45) is 7.10. The molecule has 174 valence electrons. The first-order chi connectivity index (χ1) is 15.0. The molecule has 0 N–H and O–H groups in total. The first kappa shape index (κ1) is 24.9. The largest absolute Gasteiger partial charge is 0.496 e. The molecule has 1 fully saturated rings. The molecule has 0 atom stereocenters. The maximum atomic E-state index is 11.9. The monoisotopic (exact) mass is 494 g/mol. The summed E-state index contributed by atoms with van der Waals surface area (Å²) < 4.78 is 13.5. The van der Waals surface area contributed by atoms with E-state index in [1.807, 2.05) is 0 Å². The third-order valence-electron chi connectivity index (χ3n) is 5.63. The Bertz CT molecular complexity index is 1060. The molecule has 2 aromatic rings. The second-order valence-electron chi connectivity index (χ2n) is 9.35. The lowest BCUT2D eigenvalue weighted by atomic mass is 9.84. The van der Waals surface area contributed by atoms with Crippen LogP contribution in [0.15, 0.2) is 29.4 Å². The van der Waals surface area contributed by atoms with Crippen molar-refractivity contribution < 1.29 is 14.3 Å². The SMILES string of the molecule is COc1ccc(Cl)cc1C(=S)N=c1sc(C(C)(C)C)cn1CC1(OC(C)=O)CCCCC1. The first-order valence-electron chi connectivity index (χ1n) is 10.9. The molecule has 0 saturated heterocycles.